The third-order valence-corrected chi connectivity index (χ3v) is 5.23. The number of hydrogen-bond acceptors (Lipinski definition) is 3. The van der Waals surface area contributed by atoms with E-state index < -0.39 is 0 Å². The van der Waals surface area contributed by atoms with Gasteiger partial charge in [0.25, 0.3) is 11.8 Å². The lowest BCUT2D eigenvalue weighted by atomic mass is 9.99. The lowest BCUT2D eigenvalue weighted by Gasteiger charge is -2.12. The Labute approximate surface area is 183 Å². The second kappa shape index (κ2) is 10.4. The van der Waals surface area contributed by atoms with Crippen LogP contribution in [0.1, 0.15) is 47.7 Å². The number of ether oxygens (including phenoxy) is 1. The van der Waals surface area contributed by atoms with E-state index in [2.05, 4.69) is 24.5 Å². The summed E-state index contributed by atoms with van der Waals surface area (Å²) in [5, 5.41) is 5.72. The Bertz CT molecular complexity index is 1030. The largest absolute Gasteiger partial charge is 0.484 e. The summed E-state index contributed by atoms with van der Waals surface area (Å²) in [5.74, 6) is 0.748. The van der Waals surface area contributed by atoms with E-state index in [1.807, 2.05) is 55.5 Å². The van der Waals surface area contributed by atoms with Gasteiger partial charge in [0.05, 0.1) is 0 Å². The zero-order chi connectivity index (χ0) is 22.2. The lowest BCUT2D eigenvalue weighted by molar-refractivity contribution is -0.118. The van der Waals surface area contributed by atoms with Crippen LogP contribution < -0.4 is 15.4 Å². The second-order valence-electron chi connectivity index (χ2n) is 7.57. The summed E-state index contributed by atoms with van der Waals surface area (Å²) in [5.41, 5.74) is 4.05. The monoisotopic (exact) mass is 416 g/mol. The highest BCUT2D eigenvalue weighted by Crippen LogP contribution is 2.22. The predicted molar refractivity (Wildman–Crippen MR) is 125 cm³/mol. The van der Waals surface area contributed by atoms with E-state index >= 15 is 0 Å². The fraction of sp³-hybridized carbons (Fsp3) is 0.231. The van der Waals surface area contributed by atoms with Crippen molar-refractivity contribution in [2.75, 3.05) is 17.2 Å². The van der Waals surface area contributed by atoms with Crippen molar-refractivity contribution in [1.82, 2.24) is 0 Å². The summed E-state index contributed by atoms with van der Waals surface area (Å²) in [7, 11) is 0. The van der Waals surface area contributed by atoms with Gasteiger partial charge in [-0.25, -0.2) is 0 Å². The van der Waals surface area contributed by atoms with Gasteiger partial charge in [0.15, 0.2) is 6.61 Å². The smallest absolute Gasteiger partial charge is 0.262 e. The molecule has 2 amide bonds. The Morgan fingerprint density at radius 1 is 0.935 bits per heavy atom. The average molecular weight is 417 g/mol. The first-order valence-electron chi connectivity index (χ1n) is 10.5. The zero-order valence-corrected chi connectivity index (χ0v) is 18.1. The standard InChI is InChI=1S/C26H28N2O3/c1-4-18(2)20-10-13-23(14-11-20)31-17-25(29)27-22-12-15-24(19(3)16-22)28-26(30)21-8-6-5-7-9-21/h5-16,18H,4,17H2,1-3H3,(H,27,29)(H,28,30)/t18-/m0/s1. The summed E-state index contributed by atoms with van der Waals surface area (Å²) in [6.45, 7) is 6.15. The van der Waals surface area contributed by atoms with E-state index in [-0.39, 0.29) is 18.4 Å². The van der Waals surface area contributed by atoms with Crippen molar-refractivity contribution < 1.29 is 14.3 Å². The fourth-order valence-electron chi connectivity index (χ4n) is 3.14. The molecule has 0 heterocycles. The summed E-state index contributed by atoms with van der Waals surface area (Å²) in [6.07, 6.45) is 1.08. The molecule has 3 aromatic carbocycles. The SMILES string of the molecule is CC[C@H](C)c1ccc(OCC(=O)Nc2ccc(NC(=O)c3ccccc3)c(C)c2)cc1. The van der Waals surface area contributed by atoms with Crippen LogP contribution in [-0.2, 0) is 4.79 Å². The summed E-state index contributed by atoms with van der Waals surface area (Å²) in [4.78, 5) is 24.6. The van der Waals surface area contributed by atoms with Crippen molar-refractivity contribution in [2.45, 2.75) is 33.1 Å². The van der Waals surface area contributed by atoms with E-state index in [0.717, 1.165) is 12.0 Å². The summed E-state index contributed by atoms with van der Waals surface area (Å²) >= 11 is 0. The molecule has 5 heteroatoms. The molecular weight excluding hydrogens is 388 g/mol. The van der Waals surface area contributed by atoms with Gasteiger partial charge in [-0.05, 0) is 72.9 Å². The third-order valence-electron chi connectivity index (χ3n) is 5.23. The van der Waals surface area contributed by atoms with Crippen LogP contribution in [0.3, 0.4) is 0 Å². The predicted octanol–water partition coefficient (Wildman–Crippen LogP) is 5.78. The van der Waals surface area contributed by atoms with Crippen molar-refractivity contribution in [2.24, 2.45) is 0 Å². The molecule has 0 spiro atoms. The molecule has 0 saturated heterocycles. The zero-order valence-electron chi connectivity index (χ0n) is 18.1. The maximum absolute atomic E-state index is 12.3. The maximum atomic E-state index is 12.3. The summed E-state index contributed by atoms with van der Waals surface area (Å²) in [6, 6.07) is 22.2. The third kappa shape index (κ3) is 6.19. The Kier molecular flexibility index (Phi) is 7.44. The number of carbonyl (C=O) groups is 2. The van der Waals surface area contributed by atoms with Crippen LogP contribution in [0.15, 0.2) is 72.8 Å². The molecular formula is C26H28N2O3. The van der Waals surface area contributed by atoms with E-state index in [9.17, 15) is 9.59 Å². The first-order chi connectivity index (χ1) is 15.0. The van der Waals surface area contributed by atoms with Crippen LogP contribution in [0, 0.1) is 6.92 Å². The van der Waals surface area contributed by atoms with E-state index in [0.29, 0.717) is 28.6 Å². The van der Waals surface area contributed by atoms with Gasteiger partial charge in [0.2, 0.25) is 0 Å². The van der Waals surface area contributed by atoms with Crippen LogP contribution >= 0.6 is 0 Å². The molecule has 0 fully saturated rings. The van der Waals surface area contributed by atoms with E-state index in [1.165, 1.54) is 5.56 Å². The Morgan fingerprint density at radius 3 is 2.29 bits per heavy atom. The molecule has 3 rings (SSSR count). The molecule has 0 aliphatic rings. The molecule has 0 saturated carbocycles. The Morgan fingerprint density at radius 2 is 1.65 bits per heavy atom. The molecule has 0 radical (unpaired) electrons. The van der Waals surface area contributed by atoms with Crippen molar-refractivity contribution in [3.8, 4) is 5.75 Å². The number of aryl methyl sites for hydroxylation is 1. The topological polar surface area (TPSA) is 67.4 Å². The maximum Gasteiger partial charge on any atom is 0.262 e. The Hall–Kier alpha value is -3.60. The fourth-order valence-corrected chi connectivity index (χ4v) is 3.14. The first-order valence-corrected chi connectivity index (χ1v) is 10.5. The highest BCUT2D eigenvalue weighted by Gasteiger charge is 2.10. The Balaban J connectivity index is 1.53. The molecule has 160 valence electrons. The quantitative estimate of drug-likeness (QED) is 0.489. The highest BCUT2D eigenvalue weighted by molar-refractivity contribution is 6.04. The minimum atomic E-state index is -0.244. The minimum absolute atomic E-state index is 0.0752. The van der Waals surface area contributed by atoms with Crippen LogP contribution in [0.5, 0.6) is 5.75 Å². The van der Waals surface area contributed by atoms with Gasteiger partial charge in [0.1, 0.15) is 5.75 Å². The van der Waals surface area contributed by atoms with Crippen molar-refractivity contribution in [3.05, 3.63) is 89.5 Å². The van der Waals surface area contributed by atoms with Crippen LogP contribution in [-0.4, -0.2) is 18.4 Å². The van der Waals surface area contributed by atoms with Gasteiger partial charge < -0.3 is 15.4 Å². The van der Waals surface area contributed by atoms with Gasteiger partial charge >= 0.3 is 0 Å². The molecule has 3 aromatic rings. The van der Waals surface area contributed by atoms with Gasteiger partial charge in [-0.2, -0.15) is 0 Å². The molecule has 5 nitrogen and oxygen atoms in total. The number of rotatable bonds is 8. The van der Waals surface area contributed by atoms with Gasteiger partial charge in [-0.3, -0.25) is 9.59 Å². The molecule has 0 aliphatic heterocycles. The number of amides is 2. The molecule has 0 aromatic heterocycles. The second-order valence-corrected chi connectivity index (χ2v) is 7.57. The average Bonchev–Trinajstić information content (AvgIpc) is 2.80. The number of anilines is 2. The van der Waals surface area contributed by atoms with Gasteiger partial charge in [0, 0.05) is 16.9 Å². The highest BCUT2D eigenvalue weighted by atomic mass is 16.5. The lowest BCUT2D eigenvalue weighted by Crippen LogP contribution is -2.20. The molecule has 0 bridgehead atoms. The summed E-state index contributed by atoms with van der Waals surface area (Å²) < 4.78 is 5.59. The van der Waals surface area contributed by atoms with Gasteiger partial charge in [-0.15, -0.1) is 0 Å². The number of nitrogens with one attached hydrogen (secondary N) is 2. The molecule has 2 N–H and O–H groups in total. The van der Waals surface area contributed by atoms with Crippen LogP contribution in [0.25, 0.3) is 0 Å². The minimum Gasteiger partial charge on any atom is -0.484 e. The van der Waals surface area contributed by atoms with E-state index in [1.54, 1.807) is 24.3 Å². The number of benzene rings is 3. The van der Waals surface area contributed by atoms with Crippen molar-refractivity contribution in [3.63, 3.8) is 0 Å². The van der Waals surface area contributed by atoms with Crippen molar-refractivity contribution >= 4 is 23.2 Å². The van der Waals surface area contributed by atoms with Crippen LogP contribution in [0.2, 0.25) is 0 Å². The molecule has 0 aliphatic carbocycles. The molecule has 1 atom stereocenters. The van der Waals surface area contributed by atoms with Gasteiger partial charge in [-0.1, -0.05) is 44.2 Å². The number of hydrogen-bond donors (Lipinski definition) is 2. The molecule has 0 unspecified atom stereocenters. The first kappa shape index (κ1) is 22.1. The van der Waals surface area contributed by atoms with Crippen LogP contribution in [0.4, 0.5) is 11.4 Å². The number of carbonyl (C=O) groups excluding carboxylic acids is 2. The normalized spacial score (nSPS) is 11.5. The van der Waals surface area contributed by atoms with Crippen molar-refractivity contribution in [1.29, 1.82) is 0 Å². The van der Waals surface area contributed by atoms with E-state index in [4.69, 9.17) is 4.74 Å². The molecule has 31 heavy (non-hydrogen) atoms.